The normalized spacial score (nSPS) is 25.4. The highest BCUT2D eigenvalue weighted by Gasteiger charge is 2.32. The molecule has 1 saturated heterocycles. The minimum Gasteiger partial charge on any atom is -0.292 e. The molecule has 1 aliphatic heterocycles. The molecule has 3 unspecified atom stereocenters. The lowest BCUT2D eigenvalue weighted by atomic mass is 9.98. The van der Waals surface area contributed by atoms with Gasteiger partial charge in [0.15, 0.2) is 5.78 Å². The number of hydrogen-bond acceptors (Lipinski definition) is 3. The van der Waals surface area contributed by atoms with E-state index in [4.69, 9.17) is 0 Å². The minimum absolute atomic E-state index is 0.0320. The third-order valence-corrected chi connectivity index (χ3v) is 5.94. The van der Waals surface area contributed by atoms with Gasteiger partial charge in [-0.15, -0.1) is 0 Å². The molecule has 1 aromatic rings. The third kappa shape index (κ3) is 3.09. The van der Waals surface area contributed by atoms with Gasteiger partial charge in [-0.25, -0.2) is 0 Å². The molecule has 0 saturated carbocycles. The van der Waals surface area contributed by atoms with E-state index in [-0.39, 0.29) is 11.8 Å². The number of nitrogens with zero attached hydrogens (tertiary/aromatic N) is 1. The summed E-state index contributed by atoms with van der Waals surface area (Å²) in [7, 11) is 0. The molecule has 1 aromatic carbocycles. The standard InChI is InChI=1S/C17H25NOS/c1-11-6-7-16(10-12(11)2)17(19)14(4)18-8-9-20-15(5)13(18)3/h6-7,10,13-15H,8-9H2,1-5H3. The average Bonchev–Trinajstić information content (AvgIpc) is 2.43. The molecule has 0 amide bonds. The van der Waals surface area contributed by atoms with Crippen LogP contribution < -0.4 is 0 Å². The van der Waals surface area contributed by atoms with Crippen molar-refractivity contribution in [1.82, 2.24) is 4.90 Å². The number of Topliss-reactive ketones (excluding diaryl/α,β-unsaturated/α-hetero) is 1. The van der Waals surface area contributed by atoms with Gasteiger partial charge < -0.3 is 0 Å². The van der Waals surface area contributed by atoms with Gasteiger partial charge in [0.25, 0.3) is 0 Å². The van der Waals surface area contributed by atoms with Gasteiger partial charge in [-0.3, -0.25) is 9.69 Å². The SMILES string of the molecule is Cc1ccc(C(=O)C(C)N2CCSC(C)C2C)cc1C. The highest BCUT2D eigenvalue weighted by atomic mass is 32.2. The van der Waals surface area contributed by atoms with Crippen molar-refractivity contribution in [1.29, 1.82) is 0 Å². The van der Waals surface area contributed by atoms with Crippen molar-refractivity contribution in [3.8, 4) is 0 Å². The van der Waals surface area contributed by atoms with Gasteiger partial charge >= 0.3 is 0 Å². The molecule has 0 N–H and O–H groups in total. The second kappa shape index (κ2) is 6.31. The van der Waals surface area contributed by atoms with Crippen LogP contribution in [0.25, 0.3) is 0 Å². The summed E-state index contributed by atoms with van der Waals surface area (Å²) in [4.78, 5) is 15.1. The molecule has 0 spiro atoms. The number of carbonyl (C=O) groups excluding carboxylic acids is 1. The first-order chi connectivity index (χ1) is 9.41. The summed E-state index contributed by atoms with van der Waals surface area (Å²) in [6, 6.07) is 6.47. The van der Waals surface area contributed by atoms with E-state index < -0.39 is 0 Å². The van der Waals surface area contributed by atoms with Gasteiger partial charge in [-0.1, -0.05) is 19.1 Å². The smallest absolute Gasteiger partial charge is 0.179 e. The summed E-state index contributed by atoms with van der Waals surface area (Å²) < 4.78 is 0. The maximum atomic E-state index is 12.7. The van der Waals surface area contributed by atoms with E-state index in [2.05, 4.69) is 39.5 Å². The van der Waals surface area contributed by atoms with Crippen LogP contribution in [0.15, 0.2) is 18.2 Å². The molecular weight excluding hydrogens is 266 g/mol. The van der Waals surface area contributed by atoms with E-state index in [9.17, 15) is 4.79 Å². The predicted octanol–water partition coefficient (Wildman–Crippen LogP) is 3.70. The van der Waals surface area contributed by atoms with Gasteiger partial charge in [0, 0.05) is 29.2 Å². The Morgan fingerprint density at radius 1 is 1.30 bits per heavy atom. The van der Waals surface area contributed by atoms with Crippen molar-refractivity contribution < 1.29 is 4.79 Å². The molecule has 3 atom stereocenters. The lowest BCUT2D eigenvalue weighted by Crippen LogP contribution is -2.51. The number of hydrogen-bond donors (Lipinski definition) is 0. The Morgan fingerprint density at radius 2 is 2.00 bits per heavy atom. The maximum Gasteiger partial charge on any atom is 0.179 e. The fraction of sp³-hybridized carbons (Fsp3) is 0.588. The Kier molecular flexibility index (Phi) is 4.92. The van der Waals surface area contributed by atoms with Crippen molar-refractivity contribution in [2.45, 2.75) is 52.0 Å². The summed E-state index contributed by atoms with van der Waals surface area (Å²) in [5.41, 5.74) is 3.28. The first kappa shape index (κ1) is 15.6. The molecule has 2 rings (SSSR count). The topological polar surface area (TPSA) is 20.3 Å². The van der Waals surface area contributed by atoms with E-state index in [0.717, 1.165) is 17.9 Å². The van der Waals surface area contributed by atoms with Crippen LogP contribution in [0.5, 0.6) is 0 Å². The Balaban J connectivity index is 2.17. The third-order valence-electron chi connectivity index (χ3n) is 4.60. The second-order valence-corrected chi connectivity index (χ2v) is 7.38. The summed E-state index contributed by atoms with van der Waals surface area (Å²) in [6.45, 7) is 11.7. The summed E-state index contributed by atoms with van der Waals surface area (Å²) in [5.74, 6) is 1.37. The summed E-state index contributed by atoms with van der Waals surface area (Å²) in [6.07, 6.45) is 0. The number of rotatable bonds is 3. The molecule has 0 aromatic heterocycles. The van der Waals surface area contributed by atoms with Gasteiger partial charge in [-0.05, 0) is 44.9 Å². The van der Waals surface area contributed by atoms with E-state index in [1.807, 2.05) is 30.0 Å². The van der Waals surface area contributed by atoms with Crippen molar-refractivity contribution in [3.05, 3.63) is 34.9 Å². The minimum atomic E-state index is -0.0320. The van der Waals surface area contributed by atoms with E-state index >= 15 is 0 Å². The molecule has 0 bridgehead atoms. The zero-order valence-corrected chi connectivity index (χ0v) is 14.0. The fourth-order valence-corrected chi connectivity index (χ4v) is 3.91. The van der Waals surface area contributed by atoms with Crippen LogP contribution in [0.3, 0.4) is 0 Å². The monoisotopic (exact) mass is 291 g/mol. The number of thioether (sulfide) groups is 1. The number of ketones is 1. The highest BCUT2D eigenvalue weighted by Crippen LogP contribution is 2.27. The van der Waals surface area contributed by atoms with Crippen LogP contribution in [0.2, 0.25) is 0 Å². The maximum absolute atomic E-state index is 12.7. The Hall–Kier alpha value is -0.800. The molecular formula is C17H25NOS. The molecule has 0 aliphatic carbocycles. The number of aryl methyl sites for hydroxylation is 2. The lowest BCUT2D eigenvalue weighted by Gasteiger charge is -2.40. The Labute approximate surface area is 126 Å². The van der Waals surface area contributed by atoms with Crippen molar-refractivity contribution >= 4 is 17.5 Å². The van der Waals surface area contributed by atoms with Crippen LogP contribution in [0, 0.1) is 13.8 Å². The summed E-state index contributed by atoms with van der Waals surface area (Å²) in [5, 5.41) is 0.596. The fourth-order valence-electron chi connectivity index (χ4n) is 2.79. The van der Waals surface area contributed by atoms with Crippen molar-refractivity contribution in [2.75, 3.05) is 12.3 Å². The van der Waals surface area contributed by atoms with E-state index in [1.165, 1.54) is 11.1 Å². The quantitative estimate of drug-likeness (QED) is 0.792. The predicted molar refractivity (Wildman–Crippen MR) is 87.8 cm³/mol. The van der Waals surface area contributed by atoms with E-state index in [1.54, 1.807) is 0 Å². The molecule has 1 heterocycles. The van der Waals surface area contributed by atoms with Crippen LogP contribution in [0.1, 0.15) is 42.3 Å². The van der Waals surface area contributed by atoms with Gasteiger partial charge in [0.1, 0.15) is 0 Å². The van der Waals surface area contributed by atoms with Gasteiger partial charge in [0.05, 0.1) is 6.04 Å². The Bertz CT molecular complexity index is 500. The first-order valence-corrected chi connectivity index (χ1v) is 8.45. The van der Waals surface area contributed by atoms with Crippen LogP contribution in [0.4, 0.5) is 0 Å². The van der Waals surface area contributed by atoms with Crippen molar-refractivity contribution in [2.24, 2.45) is 0 Å². The molecule has 20 heavy (non-hydrogen) atoms. The lowest BCUT2D eigenvalue weighted by molar-refractivity contribution is 0.0781. The zero-order chi connectivity index (χ0) is 14.9. The van der Waals surface area contributed by atoms with Crippen LogP contribution in [-0.2, 0) is 0 Å². The first-order valence-electron chi connectivity index (χ1n) is 7.40. The molecule has 110 valence electrons. The zero-order valence-electron chi connectivity index (χ0n) is 13.1. The molecule has 2 nitrogen and oxygen atoms in total. The van der Waals surface area contributed by atoms with E-state index in [0.29, 0.717) is 11.3 Å². The average molecular weight is 291 g/mol. The van der Waals surface area contributed by atoms with Gasteiger partial charge in [-0.2, -0.15) is 11.8 Å². The van der Waals surface area contributed by atoms with Crippen molar-refractivity contribution in [3.63, 3.8) is 0 Å². The number of benzene rings is 1. The number of carbonyl (C=O) groups is 1. The van der Waals surface area contributed by atoms with Gasteiger partial charge in [0.2, 0.25) is 0 Å². The van der Waals surface area contributed by atoms with Crippen LogP contribution in [-0.4, -0.2) is 40.3 Å². The second-order valence-electron chi connectivity index (χ2n) is 5.89. The largest absolute Gasteiger partial charge is 0.292 e. The highest BCUT2D eigenvalue weighted by molar-refractivity contribution is 8.00. The molecule has 3 heteroatoms. The molecule has 1 fully saturated rings. The molecule has 1 aliphatic rings. The molecule has 0 radical (unpaired) electrons. The Morgan fingerprint density at radius 3 is 2.65 bits per heavy atom. The van der Waals surface area contributed by atoms with Crippen LogP contribution >= 0.6 is 11.8 Å². The summed E-state index contributed by atoms with van der Waals surface area (Å²) >= 11 is 2.01.